The zero-order valence-electron chi connectivity index (χ0n) is 16.7. The number of para-hydroxylation sites is 1. The van der Waals surface area contributed by atoms with E-state index in [-0.39, 0.29) is 5.97 Å². The van der Waals surface area contributed by atoms with Crippen LogP contribution in [0, 0.1) is 0 Å². The molecule has 0 aliphatic rings. The lowest BCUT2D eigenvalue weighted by Gasteiger charge is -2.07. The lowest BCUT2D eigenvalue weighted by atomic mass is 10.1. The maximum atomic E-state index is 12.3. The van der Waals surface area contributed by atoms with Gasteiger partial charge in [-0.1, -0.05) is 18.2 Å². The van der Waals surface area contributed by atoms with Gasteiger partial charge in [-0.15, -0.1) is 22.7 Å². The van der Waals surface area contributed by atoms with Gasteiger partial charge in [-0.2, -0.15) is 5.10 Å². The molecule has 0 spiro atoms. The Balaban J connectivity index is 1.68. The Labute approximate surface area is 186 Å². The quantitative estimate of drug-likeness (QED) is 0.257. The zero-order chi connectivity index (χ0) is 22.0. The number of hydrazone groups is 1. The van der Waals surface area contributed by atoms with Crippen LogP contribution in [0.15, 0.2) is 59.7 Å². The number of nitrogens with zero attached hydrogens (tertiary/aromatic N) is 2. The molecule has 0 bridgehead atoms. The van der Waals surface area contributed by atoms with E-state index in [9.17, 15) is 9.59 Å². The number of urea groups is 1. The number of primary amides is 1. The summed E-state index contributed by atoms with van der Waals surface area (Å²) in [5.41, 5.74) is 9.92. The minimum Gasteiger partial charge on any atom is -0.465 e. The summed E-state index contributed by atoms with van der Waals surface area (Å²) in [4.78, 5) is 31.9. The smallest absolute Gasteiger partial charge is 0.338 e. The minimum atomic E-state index is -0.701. The maximum Gasteiger partial charge on any atom is 0.338 e. The number of amides is 2. The Hall–Kier alpha value is -3.56. The van der Waals surface area contributed by atoms with Crippen LogP contribution in [0.3, 0.4) is 0 Å². The molecule has 2 amide bonds. The van der Waals surface area contributed by atoms with Crippen molar-refractivity contribution in [2.45, 2.75) is 6.92 Å². The number of esters is 1. The molecule has 0 saturated heterocycles. The van der Waals surface area contributed by atoms with Gasteiger partial charge in [0.2, 0.25) is 0 Å². The van der Waals surface area contributed by atoms with E-state index in [0.717, 1.165) is 36.1 Å². The molecule has 156 valence electrons. The molecule has 3 heterocycles. The highest BCUT2D eigenvalue weighted by Crippen LogP contribution is 2.38. The van der Waals surface area contributed by atoms with Gasteiger partial charge < -0.3 is 10.5 Å². The Bertz CT molecular complexity index is 1320. The first-order valence-corrected chi connectivity index (χ1v) is 10.9. The van der Waals surface area contributed by atoms with E-state index >= 15 is 0 Å². The number of rotatable bonds is 5. The van der Waals surface area contributed by atoms with Gasteiger partial charge in [-0.05, 0) is 43.3 Å². The van der Waals surface area contributed by atoms with Crippen molar-refractivity contribution >= 4 is 51.3 Å². The Morgan fingerprint density at radius 3 is 2.52 bits per heavy atom. The molecule has 0 unspecified atom stereocenters. The third-order valence-corrected chi connectivity index (χ3v) is 7.02. The predicted octanol–water partition coefficient (Wildman–Crippen LogP) is 4.87. The second kappa shape index (κ2) is 8.66. The van der Waals surface area contributed by atoms with E-state index in [2.05, 4.69) is 10.5 Å². The number of thiophene rings is 2. The first-order chi connectivity index (χ1) is 15.0. The average molecular weight is 451 g/mol. The third-order valence-electron chi connectivity index (χ3n) is 4.52. The van der Waals surface area contributed by atoms with Crippen LogP contribution in [-0.2, 0) is 4.74 Å². The van der Waals surface area contributed by atoms with Crippen LogP contribution in [0.5, 0.6) is 0 Å². The number of nitrogens with two attached hydrogens (primary N) is 1. The lowest BCUT2D eigenvalue weighted by Crippen LogP contribution is -2.25. The highest BCUT2D eigenvalue weighted by molar-refractivity contribution is 7.24. The van der Waals surface area contributed by atoms with Gasteiger partial charge in [-0.3, -0.25) is 0 Å². The summed E-state index contributed by atoms with van der Waals surface area (Å²) in [5, 5.41) is 4.73. The largest absolute Gasteiger partial charge is 0.465 e. The van der Waals surface area contributed by atoms with Gasteiger partial charge in [0.15, 0.2) is 0 Å². The first kappa shape index (κ1) is 20.7. The molecule has 3 aromatic heterocycles. The Morgan fingerprint density at radius 1 is 1.03 bits per heavy atom. The summed E-state index contributed by atoms with van der Waals surface area (Å²) < 4.78 is 4.96. The van der Waals surface area contributed by atoms with Crippen molar-refractivity contribution in [2.75, 3.05) is 7.11 Å². The van der Waals surface area contributed by atoms with Crippen molar-refractivity contribution in [3.05, 3.63) is 65.0 Å². The maximum absolute atomic E-state index is 12.3. The number of aromatic nitrogens is 1. The normalized spacial score (nSPS) is 11.5. The van der Waals surface area contributed by atoms with Gasteiger partial charge in [0, 0.05) is 15.1 Å². The van der Waals surface area contributed by atoms with Crippen molar-refractivity contribution < 1.29 is 14.3 Å². The van der Waals surface area contributed by atoms with Crippen molar-refractivity contribution in [1.29, 1.82) is 0 Å². The number of benzene rings is 1. The standard InChI is InChI=1S/C22H18N4O3S2/c1-12(25-26-22(23)28)17-7-9-19(30-17)20-10-8-18(31-20)16-11-14(21(27)29-2)13-5-3-4-6-15(13)24-16/h3-11H,1-2H3,(H3,23,26,28)/b25-12+. The molecule has 0 atom stereocenters. The summed E-state index contributed by atoms with van der Waals surface area (Å²) in [6.07, 6.45) is 0. The topological polar surface area (TPSA) is 107 Å². The number of hydrogen-bond acceptors (Lipinski definition) is 7. The predicted molar refractivity (Wildman–Crippen MR) is 125 cm³/mol. The monoisotopic (exact) mass is 450 g/mol. The third kappa shape index (κ3) is 4.32. The molecular weight excluding hydrogens is 432 g/mol. The minimum absolute atomic E-state index is 0.390. The Morgan fingerprint density at radius 2 is 1.74 bits per heavy atom. The molecule has 0 aliphatic carbocycles. The van der Waals surface area contributed by atoms with E-state index in [4.69, 9.17) is 15.5 Å². The van der Waals surface area contributed by atoms with E-state index in [1.54, 1.807) is 35.7 Å². The molecule has 31 heavy (non-hydrogen) atoms. The summed E-state index contributed by atoms with van der Waals surface area (Å²) in [5.74, 6) is -0.390. The van der Waals surface area contributed by atoms with Crippen molar-refractivity contribution in [2.24, 2.45) is 10.8 Å². The van der Waals surface area contributed by atoms with Crippen LogP contribution in [-0.4, -0.2) is 29.8 Å². The second-order valence-corrected chi connectivity index (χ2v) is 8.73. The van der Waals surface area contributed by atoms with Crippen LogP contribution in [0.4, 0.5) is 4.79 Å². The molecule has 0 aliphatic heterocycles. The number of methoxy groups -OCH3 is 1. The van der Waals surface area contributed by atoms with Gasteiger partial charge in [0.1, 0.15) is 0 Å². The fraction of sp³-hybridized carbons (Fsp3) is 0.0909. The Kier molecular flexibility index (Phi) is 5.79. The second-order valence-electron chi connectivity index (χ2n) is 6.56. The van der Waals surface area contributed by atoms with E-state index in [1.165, 1.54) is 7.11 Å². The van der Waals surface area contributed by atoms with E-state index in [0.29, 0.717) is 11.3 Å². The summed E-state index contributed by atoms with van der Waals surface area (Å²) in [6.45, 7) is 1.80. The van der Waals surface area contributed by atoms with Gasteiger partial charge in [-0.25, -0.2) is 20.0 Å². The number of fused-ring (bicyclic) bond motifs is 1. The molecule has 4 rings (SSSR count). The van der Waals surface area contributed by atoms with Crippen LogP contribution < -0.4 is 11.2 Å². The van der Waals surface area contributed by atoms with Crippen molar-refractivity contribution in [3.63, 3.8) is 0 Å². The molecule has 7 nitrogen and oxygen atoms in total. The van der Waals surface area contributed by atoms with Crippen LogP contribution >= 0.6 is 22.7 Å². The van der Waals surface area contributed by atoms with Crippen molar-refractivity contribution in [3.8, 4) is 20.3 Å². The molecule has 0 saturated carbocycles. The van der Waals surface area contributed by atoms with Crippen molar-refractivity contribution in [1.82, 2.24) is 10.4 Å². The molecule has 9 heteroatoms. The van der Waals surface area contributed by atoms with Gasteiger partial charge >= 0.3 is 12.0 Å². The summed E-state index contributed by atoms with van der Waals surface area (Å²) >= 11 is 3.15. The number of carbonyl (C=O) groups is 2. The number of hydrogen-bond donors (Lipinski definition) is 2. The highest BCUT2D eigenvalue weighted by Gasteiger charge is 2.16. The number of carbonyl (C=O) groups excluding carboxylic acids is 2. The average Bonchev–Trinajstić information content (AvgIpc) is 3.46. The fourth-order valence-electron chi connectivity index (χ4n) is 3.05. The molecule has 4 aromatic rings. The molecule has 0 radical (unpaired) electrons. The first-order valence-electron chi connectivity index (χ1n) is 9.25. The van der Waals surface area contributed by atoms with Crippen LogP contribution in [0.25, 0.3) is 31.2 Å². The zero-order valence-corrected chi connectivity index (χ0v) is 18.3. The number of nitrogens with one attached hydrogen (secondary N) is 1. The van der Waals surface area contributed by atoms with Gasteiger partial charge in [0.25, 0.3) is 0 Å². The number of pyridine rings is 1. The van der Waals surface area contributed by atoms with E-state index in [1.807, 2.05) is 48.5 Å². The summed E-state index contributed by atoms with van der Waals surface area (Å²) in [7, 11) is 1.37. The molecule has 1 aromatic carbocycles. The van der Waals surface area contributed by atoms with E-state index < -0.39 is 6.03 Å². The summed E-state index contributed by atoms with van der Waals surface area (Å²) in [6, 6.07) is 16.6. The molecule has 3 N–H and O–H groups in total. The molecular formula is C22H18N4O3S2. The number of ether oxygens (including phenoxy) is 1. The van der Waals surface area contributed by atoms with Crippen LogP contribution in [0.2, 0.25) is 0 Å². The van der Waals surface area contributed by atoms with Crippen LogP contribution in [0.1, 0.15) is 22.2 Å². The van der Waals surface area contributed by atoms with Gasteiger partial charge in [0.05, 0.1) is 39.3 Å². The fourth-order valence-corrected chi connectivity index (χ4v) is 5.06. The highest BCUT2D eigenvalue weighted by atomic mass is 32.1. The SMILES string of the molecule is COC(=O)c1cc(-c2ccc(-c3ccc(/C(C)=N/NC(N)=O)s3)s2)nc2ccccc12. The molecule has 0 fully saturated rings. The lowest BCUT2D eigenvalue weighted by molar-refractivity contribution is 0.0603.